The number of hydrogen-bond donors (Lipinski definition) is 2. The quantitative estimate of drug-likeness (QED) is 0.411. The monoisotopic (exact) mass is 511 g/mol. The number of aryl methyl sites for hydroxylation is 1. The molecule has 5 rings (SSSR count). The Kier molecular flexibility index (Phi) is 6.35. The zero-order valence-electron chi connectivity index (χ0n) is 19.7. The third-order valence-corrected chi connectivity index (χ3v) is 7.21. The van der Waals surface area contributed by atoms with Crippen molar-refractivity contribution in [3.05, 3.63) is 47.0 Å². The molecule has 1 unspecified atom stereocenters. The van der Waals surface area contributed by atoms with E-state index in [1.165, 1.54) is 11.3 Å². The number of likely N-dealkylation sites (N-methyl/N-ethyl adjacent to an activating group) is 1. The van der Waals surface area contributed by atoms with Crippen molar-refractivity contribution in [2.24, 2.45) is 7.05 Å². The molecule has 1 fully saturated rings. The molecule has 1 aliphatic heterocycles. The van der Waals surface area contributed by atoms with Crippen LogP contribution in [0.3, 0.4) is 0 Å². The van der Waals surface area contributed by atoms with Gasteiger partial charge >= 0.3 is 0 Å². The maximum atomic E-state index is 12.9. The number of aromatic nitrogens is 3. The molecule has 1 aliphatic rings. The summed E-state index contributed by atoms with van der Waals surface area (Å²) in [5, 5.41) is 7.73. The molecule has 1 saturated heterocycles. The van der Waals surface area contributed by atoms with Crippen molar-refractivity contribution < 1.29 is 9.59 Å². The largest absolute Gasteiger partial charge is 0.347 e. The number of halogens is 1. The van der Waals surface area contributed by atoms with E-state index in [1.807, 2.05) is 54.9 Å². The Morgan fingerprint density at radius 3 is 2.80 bits per heavy atom. The first-order valence-corrected chi connectivity index (χ1v) is 12.5. The normalized spacial score (nSPS) is 15.9. The summed E-state index contributed by atoms with van der Waals surface area (Å²) in [6, 6.07) is 11.0. The molecule has 0 radical (unpaired) electrons. The maximum absolute atomic E-state index is 12.9. The van der Waals surface area contributed by atoms with Gasteiger partial charge in [-0.1, -0.05) is 22.9 Å². The first kappa shape index (κ1) is 23.5. The van der Waals surface area contributed by atoms with E-state index in [-0.39, 0.29) is 17.9 Å². The highest BCUT2D eigenvalue weighted by Gasteiger charge is 2.27. The van der Waals surface area contributed by atoms with Crippen molar-refractivity contribution in [3.63, 3.8) is 0 Å². The molecule has 1 atom stereocenters. The van der Waals surface area contributed by atoms with Gasteiger partial charge in [0.15, 0.2) is 5.13 Å². The number of likely N-dealkylation sites (tertiary alicyclic amines) is 1. The SMILES string of the molecule is CN(C)CC(=O)N1CCC(NC(=O)c2ccc3c(c2)nc(Nc2nc4ccc(Cl)cc4s2)n3C)C1. The fraction of sp³-hybridized carbons (Fsp3) is 0.333. The summed E-state index contributed by atoms with van der Waals surface area (Å²) in [5.41, 5.74) is 3.01. The van der Waals surface area contributed by atoms with Crippen LogP contribution in [0.25, 0.3) is 21.3 Å². The molecular formula is C24H26ClN7O2S. The highest BCUT2D eigenvalue weighted by molar-refractivity contribution is 7.22. The summed E-state index contributed by atoms with van der Waals surface area (Å²) in [4.78, 5) is 38.1. The number of thiazole rings is 1. The van der Waals surface area contributed by atoms with Crippen molar-refractivity contribution >= 4 is 67.1 Å². The summed E-state index contributed by atoms with van der Waals surface area (Å²) < 4.78 is 2.92. The van der Waals surface area contributed by atoms with Crippen molar-refractivity contribution in [1.82, 2.24) is 29.7 Å². The van der Waals surface area contributed by atoms with E-state index in [2.05, 4.69) is 20.6 Å². The fourth-order valence-electron chi connectivity index (χ4n) is 4.24. The van der Waals surface area contributed by atoms with Gasteiger partial charge < -0.3 is 25.0 Å². The van der Waals surface area contributed by atoms with E-state index in [0.29, 0.717) is 46.8 Å². The minimum Gasteiger partial charge on any atom is -0.347 e. The number of carbonyl (C=O) groups is 2. The Bertz CT molecular complexity index is 1430. The summed E-state index contributed by atoms with van der Waals surface area (Å²) in [5.74, 6) is 0.550. The third kappa shape index (κ3) is 4.95. The van der Waals surface area contributed by atoms with Crippen molar-refractivity contribution in [2.45, 2.75) is 12.5 Å². The molecule has 2 amide bonds. The second kappa shape index (κ2) is 9.44. The van der Waals surface area contributed by atoms with Gasteiger partial charge in [-0.05, 0) is 56.9 Å². The molecule has 2 aromatic heterocycles. The molecule has 2 aromatic carbocycles. The Hall–Kier alpha value is -3.21. The van der Waals surface area contributed by atoms with Gasteiger partial charge in [0.05, 0.1) is 27.8 Å². The molecule has 0 spiro atoms. The number of benzene rings is 2. The van der Waals surface area contributed by atoms with Gasteiger partial charge in [-0.3, -0.25) is 9.59 Å². The van der Waals surface area contributed by atoms with E-state index in [9.17, 15) is 9.59 Å². The highest BCUT2D eigenvalue weighted by Crippen LogP contribution is 2.31. The molecule has 0 bridgehead atoms. The molecular weight excluding hydrogens is 486 g/mol. The van der Waals surface area contributed by atoms with E-state index in [0.717, 1.165) is 22.2 Å². The smallest absolute Gasteiger partial charge is 0.251 e. The molecule has 3 heterocycles. The van der Waals surface area contributed by atoms with Gasteiger partial charge in [-0.25, -0.2) is 9.97 Å². The minimum absolute atomic E-state index is 0.0576. The Morgan fingerprint density at radius 2 is 2.00 bits per heavy atom. The van der Waals surface area contributed by atoms with Crippen LogP contribution in [0.15, 0.2) is 36.4 Å². The fourth-order valence-corrected chi connectivity index (χ4v) is 5.38. The second-order valence-corrected chi connectivity index (χ2v) is 10.5. The van der Waals surface area contributed by atoms with Crippen LogP contribution in [0.4, 0.5) is 11.1 Å². The van der Waals surface area contributed by atoms with Gasteiger partial charge in [0.1, 0.15) is 0 Å². The lowest BCUT2D eigenvalue weighted by Gasteiger charge is -2.19. The summed E-state index contributed by atoms with van der Waals surface area (Å²) in [6.07, 6.45) is 0.748. The number of anilines is 2. The number of carbonyl (C=O) groups excluding carboxylic acids is 2. The number of amides is 2. The third-order valence-electron chi connectivity index (χ3n) is 6.04. The van der Waals surface area contributed by atoms with Gasteiger partial charge in [-0.15, -0.1) is 0 Å². The van der Waals surface area contributed by atoms with Gasteiger partial charge in [0.2, 0.25) is 11.9 Å². The number of rotatable bonds is 6. The molecule has 182 valence electrons. The van der Waals surface area contributed by atoms with Gasteiger partial charge in [0, 0.05) is 36.8 Å². The zero-order chi connectivity index (χ0) is 24.7. The predicted octanol–water partition coefficient (Wildman–Crippen LogP) is 3.47. The van der Waals surface area contributed by atoms with Crippen LogP contribution < -0.4 is 10.6 Å². The lowest BCUT2D eigenvalue weighted by atomic mass is 10.1. The van der Waals surface area contributed by atoms with E-state index in [4.69, 9.17) is 11.6 Å². The molecule has 2 N–H and O–H groups in total. The first-order chi connectivity index (χ1) is 16.8. The standard InChI is InChI=1S/C24H26ClN7O2S/c1-30(2)13-21(33)32-9-8-16(12-32)26-22(34)14-4-7-19-18(10-14)27-23(31(19)3)29-24-28-17-6-5-15(25)11-20(17)35-24/h4-7,10-11,16H,8-9,12-13H2,1-3H3,(H,26,34)(H,27,28,29). The topological polar surface area (TPSA) is 95.4 Å². The summed E-state index contributed by atoms with van der Waals surface area (Å²) in [7, 11) is 5.66. The van der Waals surface area contributed by atoms with E-state index < -0.39 is 0 Å². The number of hydrogen-bond acceptors (Lipinski definition) is 7. The van der Waals surface area contributed by atoms with Gasteiger partial charge in [0.25, 0.3) is 5.91 Å². The Morgan fingerprint density at radius 1 is 1.17 bits per heavy atom. The molecule has 0 aliphatic carbocycles. The number of fused-ring (bicyclic) bond motifs is 2. The first-order valence-electron chi connectivity index (χ1n) is 11.3. The van der Waals surface area contributed by atoms with Crippen molar-refractivity contribution in [1.29, 1.82) is 0 Å². The van der Waals surface area contributed by atoms with E-state index >= 15 is 0 Å². The van der Waals surface area contributed by atoms with E-state index in [1.54, 1.807) is 17.0 Å². The highest BCUT2D eigenvalue weighted by atomic mass is 35.5. The molecule has 9 nitrogen and oxygen atoms in total. The van der Waals surface area contributed by atoms with Crippen LogP contribution in [0.2, 0.25) is 5.02 Å². The van der Waals surface area contributed by atoms with Crippen molar-refractivity contribution in [2.75, 3.05) is 39.0 Å². The second-order valence-electron chi connectivity index (χ2n) is 8.99. The Labute approximate surface area is 211 Å². The lowest BCUT2D eigenvalue weighted by molar-refractivity contribution is -0.130. The van der Waals surface area contributed by atoms with Crippen molar-refractivity contribution in [3.8, 4) is 0 Å². The van der Waals surface area contributed by atoms with Crippen LogP contribution in [0.5, 0.6) is 0 Å². The van der Waals surface area contributed by atoms with Crippen LogP contribution in [-0.2, 0) is 11.8 Å². The van der Waals surface area contributed by atoms with Crippen LogP contribution in [0, 0.1) is 0 Å². The average Bonchev–Trinajstić information content (AvgIpc) is 3.51. The summed E-state index contributed by atoms with van der Waals surface area (Å²) >= 11 is 7.59. The minimum atomic E-state index is -0.165. The lowest BCUT2D eigenvalue weighted by Crippen LogP contribution is -2.40. The average molecular weight is 512 g/mol. The van der Waals surface area contributed by atoms with Crippen LogP contribution in [0.1, 0.15) is 16.8 Å². The molecule has 11 heteroatoms. The Balaban J connectivity index is 1.29. The number of imidazole rings is 1. The zero-order valence-corrected chi connectivity index (χ0v) is 21.3. The number of nitrogens with zero attached hydrogens (tertiary/aromatic N) is 5. The van der Waals surface area contributed by atoms with Gasteiger partial charge in [-0.2, -0.15) is 0 Å². The summed E-state index contributed by atoms with van der Waals surface area (Å²) in [6.45, 7) is 1.56. The number of nitrogens with one attached hydrogen (secondary N) is 2. The maximum Gasteiger partial charge on any atom is 0.251 e. The molecule has 4 aromatic rings. The predicted molar refractivity (Wildman–Crippen MR) is 140 cm³/mol. The van der Waals surface area contributed by atoms with Crippen LogP contribution >= 0.6 is 22.9 Å². The molecule has 35 heavy (non-hydrogen) atoms. The van der Waals surface area contributed by atoms with Crippen LogP contribution in [-0.4, -0.2) is 75.9 Å². The molecule has 0 saturated carbocycles.